The predicted octanol–water partition coefficient (Wildman–Crippen LogP) is 4.93. The number of amides is 2. The van der Waals surface area contributed by atoms with Gasteiger partial charge in [0.25, 0.3) is 5.91 Å². The first-order chi connectivity index (χ1) is 15.6. The van der Waals surface area contributed by atoms with Gasteiger partial charge in [-0.05, 0) is 77.6 Å². The lowest BCUT2D eigenvalue weighted by molar-refractivity contribution is -0.117. The first-order valence-electron chi connectivity index (χ1n) is 10.6. The van der Waals surface area contributed by atoms with Crippen LogP contribution in [0.2, 0.25) is 0 Å². The molecule has 2 atom stereocenters. The maximum atomic E-state index is 12.8. The van der Waals surface area contributed by atoms with E-state index in [-0.39, 0.29) is 23.7 Å². The van der Waals surface area contributed by atoms with Crippen LogP contribution in [0, 0.1) is 12.8 Å². The molecule has 1 saturated carbocycles. The molecule has 0 radical (unpaired) electrons. The Kier molecular flexibility index (Phi) is 5.11. The monoisotopic (exact) mass is 422 g/mol. The number of nitrogens with zero attached hydrogens (tertiary/aromatic N) is 2. The second-order valence-electron chi connectivity index (χ2n) is 8.13. The van der Waals surface area contributed by atoms with Gasteiger partial charge in [-0.25, -0.2) is 0 Å². The molecule has 1 aliphatic carbocycles. The normalized spacial score (nSPS) is 17.0. The molecule has 4 aromatic rings. The maximum Gasteiger partial charge on any atom is 0.256 e. The van der Waals surface area contributed by atoms with Crippen molar-refractivity contribution in [1.29, 1.82) is 0 Å². The van der Waals surface area contributed by atoms with Gasteiger partial charge in [-0.1, -0.05) is 36.4 Å². The lowest BCUT2D eigenvalue weighted by Crippen LogP contribution is -2.15. The zero-order chi connectivity index (χ0) is 22.1. The highest BCUT2D eigenvalue weighted by Gasteiger charge is 2.43. The van der Waals surface area contributed by atoms with Crippen LogP contribution in [0.5, 0.6) is 0 Å². The number of anilines is 2. The molecule has 0 aliphatic heterocycles. The fraction of sp³-hybridized carbons (Fsp3) is 0.154. The van der Waals surface area contributed by atoms with Gasteiger partial charge in [-0.2, -0.15) is 5.10 Å². The minimum atomic E-state index is -0.242. The van der Waals surface area contributed by atoms with Gasteiger partial charge in [-0.15, -0.1) is 5.10 Å². The van der Waals surface area contributed by atoms with E-state index in [1.807, 2.05) is 36.4 Å². The molecule has 2 N–H and O–H groups in total. The number of hydrogen-bond donors (Lipinski definition) is 2. The molecular weight excluding hydrogens is 400 g/mol. The Hall–Kier alpha value is -4.06. The smallest absolute Gasteiger partial charge is 0.256 e. The molecule has 1 unspecified atom stereocenters. The zero-order valence-corrected chi connectivity index (χ0v) is 17.6. The van der Waals surface area contributed by atoms with Gasteiger partial charge in [0, 0.05) is 23.4 Å². The fourth-order valence-electron chi connectivity index (χ4n) is 4.03. The molecule has 1 fully saturated rings. The van der Waals surface area contributed by atoms with E-state index in [0.717, 1.165) is 28.4 Å². The number of fused-ring (bicyclic) bond motifs is 1. The van der Waals surface area contributed by atoms with Gasteiger partial charge >= 0.3 is 0 Å². The lowest BCUT2D eigenvalue weighted by Gasteiger charge is -2.08. The summed E-state index contributed by atoms with van der Waals surface area (Å²) in [4.78, 5) is 25.1. The van der Waals surface area contributed by atoms with Crippen LogP contribution in [0.3, 0.4) is 0 Å². The molecule has 1 aliphatic rings. The molecule has 6 nitrogen and oxygen atoms in total. The van der Waals surface area contributed by atoms with Crippen LogP contribution in [-0.4, -0.2) is 22.0 Å². The summed E-state index contributed by atoms with van der Waals surface area (Å²) in [6, 6.07) is 23.0. The van der Waals surface area contributed by atoms with E-state index >= 15 is 0 Å². The van der Waals surface area contributed by atoms with E-state index in [2.05, 4.69) is 39.9 Å². The second kappa shape index (κ2) is 8.23. The van der Waals surface area contributed by atoms with Crippen molar-refractivity contribution in [3.63, 3.8) is 0 Å². The Labute approximate surface area is 185 Å². The van der Waals surface area contributed by atoms with Crippen molar-refractivity contribution in [2.24, 2.45) is 5.92 Å². The molecule has 1 aromatic heterocycles. The molecule has 3 aromatic carbocycles. The standard InChI is InChI=1S/C26H22N4O2/c1-16-4-2-5-17-11-12-20(14-21(16)17)28-26(32)23-15-22(23)18-7-9-19(10-8-18)25(31)29-24-6-3-13-27-30-24/h2-14,22-23H,15H2,1H3,(H,28,32)(H,29,30,31)/t22?,23-/m1/s1. The molecule has 5 rings (SSSR count). The summed E-state index contributed by atoms with van der Waals surface area (Å²) in [6.45, 7) is 2.07. The summed E-state index contributed by atoms with van der Waals surface area (Å²) in [5, 5.41) is 15.7. The molecule has 32 heavy (non-hydrogen) atoms. The molecular formula is C26H22N4O2. The SMILES string of the molecule is Cc1cccc2ccc(NC(=O)[C@@H]3CC3c3ccc(C(=O)Nc4cccnn4)cc3)cc12. The van der Waals surface area contributed by atoms with E-state index in [1.54, 1.807) is 30.5 Å². The van der Waals surface area contributed by atoms with Gasteiger partial charge in [-0.3, -0.25) is 9.59 Å². The summed E-state index contributed by atoms with van der Waals surface area (Å²) < 4.78 is 0. The molecule has 0 bridgehead atoms. The average Bonchev–Trinajstić information content (AvgIpc) is 3.62. The highest BCUT2D eigenvalue weighted by Crippen LogP contribution is 2.48. The van der Waals surface area contributed by atoms with Gasteiger partial charge in [0.1, 0.15) is 0 Å². The third-order valence-corrected chi connectivity index (χ3v) is 5.91. The number of benzene rings is 3. The van der Waals surface area contributed by atoms with E-state index in [0.29, 0.717) is 11.4 Å². The largest absolute Gasteiger partial charge is 0.326 e. The number of aromatic nitrogens is 2. The number of aryl methyl sites for hydroxylation is 1. The molecule has 158 valence electrons. The Morgan fingerprint density at radius 1 is 0.938 bits per heavy atom. The zero-order valence-electron chi connectivity index (χ0n) is 17.6. The summed E-state index contributed by atoms with van der Waals surface area (Å²) >= 11 is 0. The molecule has 1 heterocycles. The van der Waals surface area contributed by atoms with E-state index in [9.17, 15) is 9.59 Å². The van der Waals surface area contributed by atoms with E-state index < -0.39 is 0 Å². The van der Waals surface area contributed by atoms with Gasteiger partial charge in [0.15, 0.2) is 5.82 Å². The second-order valence-corrected chi connectivity index (χ2v) is 8.13. The van der Waals surface area contributed by atoms with Crippen LogP contribution >= 0.6 is 0 Å². The fourth-order valence-corrected chi connectivity index (χ4v) is 4.03. The van der Waals surface area contributed by atoms with Crippen LogP contribution in [0.15, 0.2) is 79.0 Å². The molecule has 0 saturated heterocycles. The first kappa shape index (κ1) is 19.9. The Bertz CT molecular complexity index is 1300. The van der Waals surface area contributed by atoms with Gasteiger partial charge < -0.3 is 10.6 Å². The highest BCUT2D eigenvalue weighted by atomic mass is 16.2. The minimum absolute atomic E-state index is 0.0346. The van der Waals surface area contributed by atoms with E-state index in [1.165, 1.54) is 5.56 Å². The number of carbonyl (C=O) groups excluding carboxylic acids is 2. The molecule has 6 heteroatoms. The van der Waals surface area contributed by atoms with Crippen LogP contribution in [0.25, 0.3) is 10.8 Å². The summed E-state index contributed by atoms with van der Waals surface area (Å²) in [7, 11) is 0. The van der Waals surface area contributed by atoms with Crippen LogP contribution in [0.1, 0.15) is 33.8 Å². The highest BCUT2D eigenvalue weighted by molar-refractivity contribution is 6.03. The van der Waals surface area contributed by atoms with E-state index in [4.69, 9.17) is 0 Å². The molecule has 0 spiro atoms. The van der Waals surface area contributed by atoms with Gasteiger partial charge in [0.05, 0.1) is 0 Å². The quantitative estimate of drug-likeness (QED) is 0.477. The van der Waals surface area contributed by atoms with Crippen molar-refractivity contribution in [2.75, 3.05) is 10.6 Å². The van der Waals surface area contributed by atoms with Crippen molar-refractivity contribution < 1.29 is 9.59 Å². The summed E-state index contributed by atoms with van der Waals surface area (Å²) in [5.41, 5.74) is 3.60. The van der Waals surface area contributed by atoms with Crippen molar-refractivity contribution >= 4 is 34.1 Å². The number of nitrogens with one attached hydrogen (secondary N) is 2. The lowest BCUT2D eigenvalue weighted by atomic mass is 10.0. The Balaban J connectivity index is 1.22. The third kappa shape index (κ3) is 4.07. The summed E-state index contributed by atoms with van der Waals surface area (Å²) in [6.07, 6.45) is 2.36. The van der Waals surface area contributed by atoms with Crippen molar-refractivity contribution in [3.05, 3.63) is 95.7 Å². The predicted molar refractivity (Wildman–Crippen MR) is 125 cm³/mol. The third-order valence-electron chi connectivity index (χ3n) is 5.91. The topological polar surface area (TPSA) is 84.0 Å². The van der Waals surface area contributed by atoms with Crippen molar-refractivity contribution in [2.45, 2.75) is 19.3 Å². The average molecular weight is 422 g/mol. The van der Waals surface area contributed by atoms with Gasteiger partial charge in [0.2, 0.25) is 5.91 Å². The number of carbonyl (C=O) groups is 2. The number of rotatable bonds is 5. The van der Waals surface area contributed by atoms with Crippen molar-refractivity contribution in [3.8, 4) is 0 Å². The first-order valence-corrected chi connectivity index (χ1v) is 10.6. The van der Waals surface area contributed by atoms with Crippen LogP contribution in [0.4, 0.5) is 11.5 Å². The minimum Gasteiger partial charge on any atom is -0.326 e. The Morgan fingerprint density at radius 2 is 1.78 bits per heavy atom. The number of hydrogen-bond acceptors (Lipinski definition) is 4. The Morgan fingerprint density at radius 3 is 2.56 bits per heavy atom. The molecule has 2 amide bonds. The van der Waals surface area contributed by atoms with Crippen LogP contribution < -0.4 is 10.6 Å². The maximum absolute atomic E-state index is 12.8. The summed E-state index contributed by atoms with van der Waals surface area (Å²) in [5.74, 6) is 0.321. The van der Waals surface area contributed by atoms with Crippen LogP contribution in [-0.2, 0) is 4.79 Å². The van der Waals surface area contributed by atoms with Crippen molar-refractivity contribution in [1.82, 2.24) is 10.2 Å².